The van der Waals surface area contributed by atoms with Gasteiger partial charge in [-0.15, -0.1) is 0 Å². The summed E-state index contributed by atoms with van der Waals surface area (Å²) in [7, 11) is 0. The summed E-state index contributed by atoms with van der Waals surface area (Å²) in [5.74, 6) is -0.416. The molecule has 3 nitrogen and oxygen atoms in total. The lowest BCUT2D eigenvalue weighted by molar-refractivity contribution is -0.137. The minimum atomic E-state index is -4.46. The lowest BCUT2D eigenvalue weighted by Gasteiger charge is -2.35. The summed E-state index contributed by atoms with van der Waals surface area (Å²) in [6, 6.07) is 6.66. The first-order chi connectivity index (χ1) is 9.75. The summed E-state index contributed by atoms with van der Waals surface area (Å²) in [6.07, 6.45) is -3.39. The van der Waals surface area contributed by atoms with E-state index in [0.717, 1.165) is 12.1 Å². The Hall–Kier alpha value is -2.03. The molecule has 0 unspecified atom stereocenters. The number of rotatable bonds is 1. The SMILES string of the molecule is CC1(C#N)CCN(C(=O)c2cccc(C(F)(F)F)c2)CC1. The van der Waals surface area contributed by atoms with Gasteiger partial charge in [0.05, 0.1) is 17.0 Å². The zero-order valence-corrected chi connectivity index (χ0v) is 11.6. The molecule has 0 radical (unpaired) electrons. The van der Waals surface area contributed by atoms with Crippen LogP contribution in [-0.2, 0) is 6.18 Å². The number of likely N-dealkylation sites (tertiary alicyclic amines) is 1. The van der Waals surface area contributed by atoms with Gasteiger partial charge in [0.1, 0.15) is 0 Å². The van der Waals surface area contributed by atoms with Crippen LogP contribution in [0, 0.1) is 16.7 Å². The molecule has 0 atom stereocenters. The monoisotopic (exact) mass is 296 g/mol. The van der Waals surface area contributed by atoms with E-state index in [2.05, 4.69) is 6.07 Å². The van der Waals surface area contributed by atoms with Gasteiger partial charge in [0, 0.05) is 18.7 Å². The molecule has 0 aliphatic carbocycles. The number of piperidine rings is 1. The minimum Gasteiger partial charge on any atom is -0.339 e. The van der Waals surface area contributed by atoms with E-state index < -0.39 is 23.1 Å². The van der Waals surface area contributed by atoms with E-state index in [9.17, 15) is 18.0 Å². The molecule has 1 amide bonds. The molecule has 6 heteroatoms. The standard InChI is InChI=1S/C15H15F3N2O/c1-14(10-19)5-7-20(8-6-14)13(21)11-3-2-4-12(9-11)15(16,17)18/h2-4,9H,5-8H2,1H3. The van der Waals surface area contributed by atoms with E-state index in [0.29, 0.717) is 25.9 Å². The second-order valence-corrected chi connectivity index (χ2v) is 5.54. The van der Waals surface area contributed by atoms with Gasteiger partial charge >= 0.3 is 6.18 Å². The lowest BCUT2D eigenvalue weighted by Crippen LogP contribution is -2.41. The maximum Gasteiger partial charge on any atom is 0.416 e. The molecule has 0 bridgehead atoms. The van der Waals surface area contributed by atoms with Gasteiger partial charge in [-0.1, -0.05) is 6.07 Å². The van der Waals surface area contributed by atoms with Gasteiger partial charge in [-0.05, 0) is 38.0 Å². The van der Waals surface area contributed by atoms with Crippen molar-refractivity contribution in [2.45, 2.75) is 25.9 Å². The summed E-state index contributed by atoms with van der Waals surface area (Å²) in [6.45, 7) is 2.61. The number of alkyl halides is 3. The molecule has 112 valence electrons. The number of nitrogens with zero attached hydrogens (tertiary/aromatic N) is 2. The number of hydrogen-bond donors (Lipinski definition) is 0. The Morgan fingerprint density at radius 3 is 2.48 bits per heavy atom. The first kappa shape index (κ1) is 15.4. The predicted octanol–water partition coefficient (Wildman–Crippen LogP) is 3.47. The minimum absolute atomic E-state index is 0.0328. The highest BCUT2D eigenvalue weighted by Crippen LogP contribution is 2.32. The van der Waals surface area contributed by atoms with Gasteiger partial charge in [-0.3, -0.25) is 4.79 Å². The van der Waals surface area contributed by atoms with Gasteiger partial charge < -0.3 is 4.90 Å². The van der Waals surface area contributed by atoms with Crippen LogP contribution in [0.4, 0.5) is 13.2 Å². The zero-order valence-electron chi connectivity index (χ0n) is 11.6. The van der Waals surface area contributed by atoms with Crippen LogP contribution in [-0.4, -0.2) is 23.9 Å². The number of carbonyl (C=O) groups excluding carboxylic acids is 1. The van der Waals surface area contributed by atoms with Crippen LogP contribution in [0.3, 0.4) is 0 Å². The fourth-order valence-electron chi connectivity index (χ4n) is 2.33. The highest BCUT2D eigenvalue weighted by molar-refractivity contribution is 5.94. The van der Waals surface area contributed by atoms with E-state index in [4.69, 9.17) is 5.26 Å². The van der Waals surface area contributed by atoms with E-state index in [1.54, 1.807) is 0 Å². The number of carbonyl (C=O) groups is 1. The third-order valence-corrected chi connectivity index (χ3v) is 3.86. The first-order valence-electron chi connectivity index (χ1n) is 6.63. The van der Waals surface area contributed by atoms with Crippen LogP contribution in [0.1, 0.15) is 35.7 Å². The van der Waals surface area contributed by atoms with E-state index in [1.807, 2.05) is 6.92 Å². The molecule has 1 heterocycles. The number of halogens is 3. The highest BCUT2D eigenvalue weighted by Gasteiger charge is 2.34. The largest absolute Gasteiger partial charge is 0.416 e. The van der Waals surface area contributed by atoms with Crippen LogP contribution >= 0.6 is 0 Å². The Balaban J connectivity index is 2.14. The van der Waals surface area contributed by atoms with Crippen molar-refractivity contribution >= 4 is 5.91 Å². The fourth-order valence-corrected chi connectivity index (χ4v) is 2.33. The van der Waals surface area contributed by atoms with Crippen LogP contribution < -0.4 is 0 Å². The molecule has 0 saturated carbocycles. The average molecular weight is 296 g/mol. The van der Waals surface area contributed by atoms with Crippen LogP contribution in [0.5, 0.6) is 0 Å². The molecule has 1 saturated heterocycles. The molecule has 1 aliphatic heterocycles. The summed E-state index contributed by atoms with van der Waals surface area (Å²) < 4.78 is 38.0. The van der Waals surface area contributed by atoms with Gasteiger partial charge in [0.15, 0.2) is 0 Å². The molecule has 1 aliphatic rings. The van der Waals surface area contributed by atoms with E-state index in [1.165, 1.54) is 17.0 Å². The maximum atomic E-state index is 12.7. The number of nitriles is 1. The van der Waals surface area contributed by atoms with E-state index >= 15 is 0 Å². The summed E-state index contributed by atoms with van der Waals surface area (Å²) in [5.41, 5.74) is -1.25. The highest BCUT2D eigenvalue weighted by atomic mass is 19.4. The Morgan fingerprint density at radius 1 is 1.33 bits per heavy atom. The zero-order chi connectivity index (χ0) is 15.7. The topological polar surface area (TPSA) is 44.1 Å². The lowest BCUT2D eigenvalue weighted by atomic mass is 9.82. The Kier molecular flexibility index (Phi) is 3.95. The smallest absolute Gasteiger partial charge is 0.339 e. The van der Waals surface area contributed by atoms with Crippen molar-refractivity contribution in [1.29, 1.82) is 5.26 Å². The quantitative estimate of drug-likeness (QED) is 0.796. The molecule has 0 aromatic heterocycles. The molecule has 1 fully saturated rings. The Morgan fingerprint density at radius 2 is 1.95 bits per heavy atom. The van der Waals surface area contributed by atoms with Crippen molar-refractivity contribution in [3.8, 4) is 6.07 Å². The van der Waals surface area contributed by atoms with Gasteiger partial charge in [0.25, 0.3) is 5.91 Å². The first-order valence-corrected chi connectivity index (χ1v) is 6.63. The second kappa shape index (κ2) is 5.40. The third kappa shape index (κ3) is 3.35. The van der Waals surface area contributed by atoms with Crippen molar-refractivity contribution in [3.05, 3.63) is 35.4 Å². The summed E-state index contributed by atoms with van der Waals surface area (Å²) in [5, 5.41) is 9.04. The van der Waals surface area contributed by atoms with Gasteiger partial charge in [0.2, 0.25) is 0 Å². The number of amides is 1. The van der Waals surface area contributed by atoms with Crippen molar-refractivity contribution in [2.75, 3.05) is 13.1 Å². The maximum absolute atomic E-state index is 12.7. The van der Waals surface area contributed by atoms with Crippen LogP contribution in [0.2, 0.25) is 0 Å². The van der Waals surface area contributed by atoms with Crippen molar-refractivity contribution in [2.24, 2.45) is 5.41 Å². The second-order valence-electron chi connectivity index (χ2n) is 5.54. The third-order valence-electron chi connectivity index (χ3n) is 3.86. The van der Waals surface area contributed by atoms with Crippen molar-refractivity contribution < 1.29 is 18.0 Å². The Bertz CT molecular complexity index is 581. The van der Waals surface area contributed by atoms with Crippen LogP contribution in [0.15, 0.2) is 24.3 Å². The molecular weight excluding hydrogens is 281 g/mol. The molecule has 21 heavy (non-hydrogen) atoms. The predicted molar refractivity (Wildman–Crippen MR) is 70.3 cm³/mol. The number of hydrogen-bond acceptors (Lipinski definition) is 2. The molecule has 1 aromatic carbocycles. The molecular formula is C15H15F3N2O. The number of benzene rings is 1. The molecule has 0 spiro atoms. The summed E-state index contributed by atoms with van der Waals surface area (Å²) in [4.78, 5) is 13.8. The van der Waals surface area contributed by atoms with Gasteiger partial charge in [-0.2, -0.15) is 18.4 Å². The van der Waals surface area contributed by atoms with Crippen molar-refractivity contribution in [1.82, 2.24) is 4.90 Å². The van der Waals surface area contributed by atoms with Crippen molar-refractivity contribution in [3.63, 3.8) is 0 Å². The molecule has 0 N–H and O–H groups in total. The molecule has 1 aromatic rings. The molecule has 2 rings (SSSR count). The van der Waals surface area contributed by atoms with E-state index in [-0.39, 0.29) is 5.56 Å². The van der Waals surface area contributed by atoms with Crippen LogP contribution in [0.25, 0.3) is 0 Å². The fraction of sp³-hybridized carbons (Fsp3) is 0.467. The average Bonchev–Trinajstić information content (AvgIpc) is 2.47. The summed E-state index contributed by atoms with van der Waals surface area (Å²) >= 11 is 0. The Labute approximate surface area is 121 Å². The normalized spacial score (nSPS) is 18.1. The van der Waals surface area contributed by atoms with Gasteiger partial charge in [-0.25, -0.2) is 0 Å².